The number of methoxy groups -OCH3 is 1. The fraction of sp³-hybridized carbons (Fsp3) is 0.167. The van der Waals surface area contributed by atoms with Gasteiger partial charge in [-0.05, 0) is 36.8 Å². The first kappa shape index (κ1) is 19.1. The van der Waals surface area contributed by atoms with E-state index >= 15 is 0 Å². The van der Waals surface area contributed by atoms with E-state index < -0.39 is 0 Å². The van der Waals surface area contributed by atoms with Gasteiger partial charge in [0.25, 0.3) is 0 Å². The number of nitrogens with two attached hydrogens (primary N) is 1. The second-order valence-corrected chi connectivity index (χ2v) is 7.05. The standard InChI is InChI=1S/C18H18ClN5O2S/c1-11-7-8-14(13(19)9-11)21-16(25)10-27-18-23-22-17(24(18)20)12-5-3-4-6-15(12)26-2/h3-9H,10,20H2,1-2H3,(H,21,25). The van der Waals surface area contributed by atoms with Crippen molar-refractivity contribution >= 4 is 35.0 Å². The second-order valence-electron chi connectivity index (χ2n) is 5.70. The van der Waals surface area contributed by atoms with E-state index in [9.17, 15) is 4.79 Å². The molecule has 0 atom stereocenters. The SMILES string of the molecule is COc1ccccc1-c1nnc(SCC(=O)Nc2ccc(C)cc2Cl)n1N. The van der Waals surface area contributed by atoms with Crippen molar-refractivity contribution in [1.82, 2.24) is 14.9 Å². The summed E-state index contributed by atoms with van der Waals surface area (Å²) in [4.78, 5) is 12.2. The molecule has 7 nitrogen and oxygen atoms in total. The van der Waals surface area contributed by atoms with Crippen LogP contribution in [-0.4, -0.2) is 33.6 Å². The Labute approximate surface area is 165 Å². The summed E-state index contributed by atoms with van der Waals surface area (Å²) in [6, 6.07) is 12.8. The molecule has 0 saturated heterocycles. The molecule has 27 heavy (non-hydrogen) atoms. The summed E-state index contributed by atoms with van der Waals surface area (Å²) < 4.78 is 6.67. The summed E-state index contributed by atoms with van der Waals surface area (Å²) in [5, 5.41) is 11.9. The zero-order valence-electron chi connectivity index (χ0n) is 14.8. The molecule has 3 N–H and O–H groups in total. The van der Waals surface area contributed by atoms with Gasteiger partial charge in [0.2, 0.25) is 11.1 Å². The summed E-state index contributed by atoms with van der Waals surface area (Å²) in [6.07, 6.45) is 0. The number of nitrogen functional groups attached to an aromatic ring is 1. The predicted octanol–water partition coefficient (Wildman–Crippen LogP) is 3.36. The van der Waals surface area contributed by atoms with Gasteiger partial charge in [0, 0.05) is 0 Å². The highest BCUT2D eigenvalue weighted by molar-refractivity contribution is 7.99. The Morgan fingerprint density at radius 3 is 2.81 bits per heavy atom. The molecule has 9 heteroatoms. The van der Waals surface area contributed by atoms with Gasteiger partial charge in [-0.25, -0.2) is 4.68 Å². The minimum absolute atomic E-state index is 0.117. The molecule has 2 aromatic carbocycles. The molecule has 0 unspecified atom stereocenters. The maximum atomic E-state index is 12.2. The molecule has 0 spiro atoms. The fourth-order valence-electron chi connectivity index (χ4n) is 2.43. The molecule has 1 aromatic heterocycles. The number of hydrogen-bond acceptors (Lipinski definition) is 6. The number of benzene rings is 2. The van der Waals surface area contributed by atoms with Gasteiger partial charge in [0.1, 0.15) is 5.75 Å². The molecule has 0 aliphatic heterocycles. The number of aryl methyl sites for hydroxylation is 1. The van der Waals surface area contributed by atoms with Gasteiger partial charge in [0.05, 0.1) is 29.1 Å². The maximum Gasteiger partial charge on any atom is 0.234 e. The van der Waals surface area contributed by atoms with Crippen LogP contribution >= 0.6 is 23.4 Å². The molecular weight excluding hydrogens is 386 g/mol. The zero-order chi connectivity index (χ0) is 19.4. The number of aromatic nitrogens is 3. The van der Waals surface area contributed by atoms with Gasteiger partial charge in [0.15, 0.2) is 5.82 Å². The molecule has 0 aliphatic rings. The lowest BCUT2D eigenvalue weighted by Gasteiger charge is -2.09. The third-order valence-corrected chi connectivity index (χ3v) is 5.00. The Morgan fingerprint density at radius 2 is 2.07 bits per heavy atom. The highest BCUT2D eigenvalue weighted by atomic mass is 35.5. The van der Waals surface area contributed by atoms with Crippen LogP contribution in [0.4, 0.5) is 5.69 Å². The van der Waals surface area contributed by atoms with Crippen molar-refractivity contribution in [3.05, 3.63) is 53.1 Å². The van der Waals surface area contributed by atoms with Gasteiger partial charge in [-0.1, -0.05) is 41.6 Å². The number of ether oxygens (including phenoxy) is 1. The number of hydrogen-bond donors (Lipinski definition) is 2. The summed E-state index contributed by atoms with van der Waals surface area (Å²) >= 11 is 7.32. The summed E-state index contributed by atoms with van der Waals surface area (Å²) in [6.45, 7) is 1.93. The third kappa shape index (κ3) is 4.35. The Kier molecular flexibility index (Phi) is 5.88. The van der Waals surface area contributed by atoms with Crippen LogP contribution in [-0.2, 0) is 4.79 Å². The lowest BCUT2D eigenvalue weighted by Crippen LogP contribution is -2.16. The van der Waals surface area contributed by atoms with Gasteiger partial charge >= 0.3 is 0 Å². The molecule has 1 heterocycles. The number of nitrogens with zero attached hydrogens (tertiary/aromatic N) is 3. The van der Waals surface area contributed by atoms with E-state index in [0.29, 0.717) is 27.4 Å². The van der Waals surface area contributed by atoms with E-state index in [0.717, 1.165) is 11.1 Å². The highest BCUT2D eigenvalue weighted by Gasteiger charge is 2.17. The summed E-state index contributed by atoms with van der Waals surface area (Å²) in [5.74, 6) is 7.10. The fourth-order valence-corrected chi connectivity index (χ4v) is 3.37. The smallest absolute Gasteiger partial charge is 0.234 e. The van der Waals surface area contributed by atoms with Crippen molar-refractivity contribution in [2.75, 3.05) is 24.0 Å². The van der Waals surface area contributed by atoms with Gasteiger partial charge in [-0.3, -0.25) is 4.79 Å². The van der Waals surface area contributed by atoms with Crippen molar-refractivity contribution in [2.24, 2.45) is 0 Å². The lowest BCUT2D eigenvalue weighted by atomic mass is 10.2. The van der Waals surface area contributed by atoms with Crippen LogP contribution in [0.2, 0.25) is 5.02 Å². The predicted molar refractivity (Wildman–Crippen MR) is 108 cm³/mol. The van der Waals surface area contributed by atoms with Crippen molar-refractivity contribution in [3.63, 3.8) is 0 Å². The van der Waals surface area contributed by atoms with Crippen molar-refractivity contribution < 1.29 is 9.53 Å². The molecule has 0 fully saturated rings. The van der Waals surface area contributed by atoms with Gasteiger partial charge in [-0.2, -0.15) is 0 Å². The van der Waals surface area contributed by atoms with Crippen molar-refractivity contribution in [1.29, 1.82) is 0 Å². The second kappa shape index (κ2) is 8.32. The van der Waals surface area contributed by atoms with E-state index in [4.69, 9.17) is 22.2 Å². The normalized spacial score (nSPS) is 10.6. The number of para-hydroxylation sites is 1. The lowest BCUT2D eigenvalue weighted by molar-refractivity contribution is -0.113. The van der Waals surface area contributed by atoms with Crippen LogP contribution < -0.4 is 15.9 Å². The van der Waals surface area contributed by atoms with E-state index in [1.807, 2.05) is 37.3 Å². The molecule has 1 amide bonds. The monoisotopic (exact) mass is 403 g/mol. The molecule has 0 bridgehead atoms. The molecule has 3 aromatic rings. The molecule has 0 saturated carbocycles. The average Bonchev–Trinajstić information content (AvgIpc) is 3.02. The number of carbonyl (C=O) groups excluding carboxylic acids is 1. The molecule has 3 rings (SSSR count). The van der Waals surface area contributed by atoms with E-state index in [1.54, 1.807) is 19.2 Å². The topological polar surface area (TPSA) is 95.1 Å². The molecular formula is C18H18ClN5O2S. The number of nitrogens with one attached hydrogen (secondary N) is 1. The first-order valence-corrected chi connectivity index (χ1v) is 9.38. The Morgan fingerprint density at radius 1 is 1.30 bits per heavy atom. The number of rotatable bonds is 6. The van der Waals surface area contributed by atoms with Crippen molar-refractivity contribution in [2.45, 2.75) is 12.1 Å². The minimum atomic E-state index is -0.215. The average molecular weight is 404 g/mol. The summed E-state index contributed by atoms with van der Waals surface area (Å²) in [5.41, 5.74) is 2.31. The first-order chi connectivity index (χ1) is 13.0. The minimum Gasteiger partial charge on any atom is -0.496 e. The Balaban J connectivity index is 1.68. The number of anilines is 1. The molecule has 0 aliphatic carbocycles. The molecule has 140 valence electrons. The maximum absolute atomic E-state index is 12.2. The third-order valence-electron chi connectivity index (χ3n) is 3.74. The molecule has 0 radical (unpaired) electrons. The van der Waals surface area contributed by atoms with Crippen LogP contribution in [0, 0.1) is 6.92 Å². The zero-order valence-corrected chi connectivity index (χ0v) is 16.3. The van der Waals surface area contributed by atoms with Crippen molar-refractivity contribution in [3.8, 4) is 17.1 Å². The summed E-state index contributed by atoms with van der Waals surface area (Å²) in [7, 11) is 1.58. The highest BCUT2D eigenvalue weighted by Crippen LogP contribution is 2.29. The number of carbonyl (C=O) groups is 1. The Hall–Kier alpha value is -2.71. The van der Waals surface area contributed by atoms with Crippen LogP contribution in [0.3, 0.4) is 0 Å². The van der Waals surface area contributed by atoms with Crippen LogP contribution in [0.1, 0.15) is 5.56 Å². The van der Waals surface area contributed by atoms with E-state index in [2.05, 4.69) is 15.5 Å². The quantitative estimate of drug-likeness (QED) is 0.484. The van der Waals surface area contributed by atoms with E-state index in [-0.39, 0.29) is 11.7 Å². The van der Waals surface area contributed by atoms with E-state index in [1.165, 1.54) is 16.4 Å². The largest absolute Gasteiger partial charge is 0.496 e. The number of amides is 1. The number of thioether (sulfide) groups is 1. The van der Waals surface area contributed by atoms with Crippen LogP contribution in [0.25, 0.3) is 11.4 Å². The Bertz CT molecular complexity index is 976. The first-order valence-electron chi connectivity index (χ1n) is 8.02. The van der Waals surface area contributed by atoms with Gasteiger partial charge in [-0.15, -0.1) is 10.2 Å². The number of halogens is 1. The van der Waals surface area contributed by atoms with Gasteiger partial charge < -0.3 is 15.9 Å². The van der Waals surface area contributed by atoms with Crippen LogP contribution in [0.5, 0.6) is 5.75 Å². The van der Waals surface area contributed by atoms with Crippen LogP contribution in [0.15, 0.2) is 47.6 Å².